The van der Waals surface area contributed by atoms with Gasteiger partial charge in [-0.15, -0.1) is 0 Å². The molecule has 1 amide bonds. The standard InChI is InChI=1S/C28H29N5O3S/c1-33(2)18-19-37(35,36)25-14-12-24(13-15-25)31-28-29-17-16-26(32-28)22-8-10-23(11-9-22)30-27(34)20-21-6-4-3-5-7-21/h3-17H,18-20H2,1-2H3,(H,30,34)(H,29,31,32). The number of rotatable bonds is 10. The summed E-state index contributed by atoms with van der Waals surface area (Å²) in [6.07, 6.45) is 1.97. The molecule has 0 aliphatic carbocycles. The Morgan fingerprint density at radius 1 is 0.865 bits per heavy atom. The van der Waals surface area contributed by atoms with E-state index >= 15 is 0 Å². The molecule has 4 aromatic rings. The van der Waals surface area contributed by atoms with Gasteiger partial charge in [0.05, 0.1) is 22.8 Å². The molecule has 0 unspecified atom stereocenters. The third-order valence-corrected chi connectivity index (χ3v) is 7.31. The normalized spacial score (nSPS) is 11.3. The second-order valence-electron chi connectivity index (χ2n) is 8.82. The topological polar surface area (TPSA) is 104 Å². The Hall–Kier alpha value is -4.08. The molecule has 37 heavy (non-hydrogen) atoms. The first-order valence-corrected chi connectivity index (χ1v) is 13.5. The lowest BCUT2D eigenvalue weighted by Crippen LogP contribution is -2.21. The number of carbonyl (C=O) groups excluding carboxylic acids is 1. The summed E-state index contributed by atoms with van der Waals surface area (Å²) in [7, 11) is 0.345. The van der Waals surface area contributed by atoms with E-state index in [1.54, 1.807) is 36.5 Å². The molecule has 0 fully saturated rings. The number of aromatic nitrogens is 2. The van der Waals surface area contributed by atoms with Crippen molar-refractivity contribution in [3.05, 3.63) is 96.7 Å². The van der Waals surface area contributed by atoms with E-state index in [0.717, 1.165) is 11.1 Å². The molecule has 0 bridgehead atoms. The average Bonchev–Trinajstić information content (AvgIpc) is 2.89. The van der Waals surface area contributed by atoms with Gasteiger partial charge >= 0.3 is 0 Å². The van der Waals surface area contributed by atoms with Crippen molar-refractivity contribution in [1.29, 1.82) is 0 Å². The molecule has 9 heteroatoms. The Balaban J connectivity index is 1.39. The second-order valence-corrected chi connectivity index (χ2v) is 10.9. The van der Waals surface area contributed by atoms with Crippen molar-refractivity contribution >= 4 is 33.1 Å². The van der Waals surface area contributed by atoms with E-state index in [1.807, 2.05) is 73.6 Å². The smallest absolute Gasteiger partial charge is 0.228 e. The predicted molar refractivity (Wildman–Crippen MR) is 147 cm³/mol. The number of nitrogens with one attached hydrogen (secondary N) is 2. The minimum absolute atomic E-state index is 0.0629. The summed E-state index contributed by atoms with van der Waals surface area (Å²) in [5.74, 6) is 0.373. The number of nitrogens with zero attached hydrogens (tertiary/aromatic N) is 3. The molecule has 0 saturated carbocycles. The van der Waals surface area contributed by atoms with Gasteiger partial charge in [0.25, 0.3) is 0 Å². The Bertz CT molecular complexity index is 1440. The molecule has 190 valence electrons. The van der Waals surface area contributed by atoms with Crippen molar-refractivity contribution in [2.24, 2.45) is 0 Å². The number of amides is 1. The highest BCUT2D eigenvalue weighted by Crippen LogP contribution is 2.22. The third-order valence-electron chi connectivity index (χ3n) is 5.60. The summed E-state index contributed by atoms with van der Waals surface area (Å²) < 4.78 is 25.0. The fourth-order valence-electron chi connectivity index (χ4n) is 3.59. The van der Waals surface area contributed by atoms with Gasteiger partial charge in [-0.25, -0.2) is 18.4 Å². The molecule has 1 aromatic heterocycles. The fraction of sp³-hybridized carbons (Fsp3) is 0.179. The number of hydrogen-bond acceptors (Lipinski definition) is 7. The lowest BCUT2D eigenvalue weighted by atomic mass is 10.1. The van der Waals surface area contributed by atoms with Crippen molar-refractivity contribution in [1.82, 2.24) is 14.9 Å². The number of benzene rings is 3. The minimum atomic E-state index is -3.34. The summed E-state index contributed by atoms with van der Waals surface area (Å²) in [6, 6.07) is 25.4. The highest BCUT2D eigenvalue weighted by atomic mass is 32.2. The quantitative estimate of drug-likeness (QED) is 0.323. The molecule has 0 radical (unpaired) electrons. The molecule has 8 nitrogen and oxygen atoms in total. The van der Waals surface area contributed by atoms with E-state index in [2.05, 4.69) is 20.6 Å². The number of carbonyl (C=O) groups is 1. The lowest BCUT2D eigenvalue weighted by Gasteiger charge is -2.11. The van der Waals surface area contributed by atoms with Gasteiger partial charge in [-0.3, -0.25) is 4.79 Å². The maximum absolute atomic E-state index is 12.5. The molecule has 0 atom stereocenters. The molecule has 3 aromatic carbocycles. The van der Waals surface area contributed by atoms with Crippen LogP contribution in [-0.4, -0.2) is 55.6 Å². The lowest BCUT2D eigenvalue weighted by molar-refractivity contribution is -0.115. The molecule has 2 N–H and O–H groups in total. The summed E-state index contributed by atoms with van der Waals surface area (Å²) >= 11 is 0. The summed E-state index contributed by atoms with van der Waals surface area (Å²) in [5.41, 5.74) is 3.92. The summed E-state index contributed by atoms with van der Waals surface area (Å²) in [4.78, 5) is 23.3. The van der Waals surface area contributed by atoms with Gasteiger partial charge in [0.1, 0.15) is 0 Å². The molecule has 0 aliphatic heterocycles. The van der Waals surface area contributed by atoms with E-state index in [4.69, 9.17) is 0 Å². The predicted octanol–water partition coefficient (Wildman–Crippen LogP) is 4.40. The zero-order valence-corrected chi connectivity index (χ0v) is 21.6. The first kappa shape index (κ1) is 26.0. The first-order valence-electron chi connectivity index (χ1n) is 11.8. The van der Waals surface area contributed by atoms with Crippen LogP contribution in [0.4, 0.5) is 17.3 Å². The zero-order valence-electron chi connectivity index (χ0n) is 20.8. The van der Waals surface area contributed by atoms with Crippen LogP contribution in [0.2, 0.25) is 0 Å². The van der Waals surface area contributed by atoms with Crippen molar-refractivity contribution in [2.75, 3.05) is 37.0 Å². The van der Waals surface area contributed by atoms with Crippen LogP contribution in [0.25, 0.3) is 11.3 Å². The maximum Gasteiger partial charge on any atom is 0.228 e. The second kappa shape index (κ2) is 11.8. The van der Waals surface area contributed by atoms with Gasteiger partial charge in [0, 0.05) is 29.7 Å². The monoisotopic (exact) mass is 515 g/mol. The van der Waals surface area contributed by atoms with E-state index in [-0.39, 0.29) is 16.6 Å². The SMILES string of the molecule is CN(C)CCS(=O)(=O)c1ccc(Nc2nccc(-c3ccc(NC(=O)Cc4ccccc4)cc3)n2)cc1. The van der Waals surface area contributed by atoms with Crippen LogP contribution < -0.4 is 10.6 Å². The van der Waals surface area contributed by atoms with Crippen LogP contribution in [0.15, 0.2) is 96.0 Å². The number of sulfone groups is 1. The minimum Gasteiger partial charge on any atom is -0.326 e. The van der Waals surface area contributed by atoms with Gasteiger partial charge in [0.2, 0.25) is 11.9 Å². The highest BCUT2D eigenvalue weighted by molar-refractivity contribution is 7.91. The summed E-state index contributed by atoms with van der Waals surface area (Å²) in [6.45, 7) is 0.462. The molecule has 0 saturated heterocycles. The van der Waals surface area contributed by atoms with E-state index in [0.29, 0.717) is 36.0 Å². The van der Waals surface area contributed by atoms with Crippen LogP contribution in [0.1, 0.15) is 5.56 Å². The van der Waals surface area contributed by atoms with Gasteiger partial charge in [-0.05, 0) is 62.1 Å². The number of anilines is 3. The van der Waals surface area contributed by atoms with Crippen LogP contribution in [0.5, 0.6) is 0 Å². The van der Waals surface area contributed by atoms with E-state index < -0.39 is 9.84 Å². The Kier molecular flexibility index (Phi) is 8.27. The number of hydrogen-bond donors (Lipinski definition) is 2. The van der Waals surface area contributed by atoms with Crippen molar-refractivity contribution in [3.63, 3.8) is 0 Å². The van der Waals surface area contributed by atoms with Gasteiger partial charge in [-0.2, -0.15) is 0 Å². The molecule has 1 heterocycles. The average molecular weight is 516 g/mol. The van der Waals surface area contributed by atoms with Gasteiger partial charge in [0.15, 0.2) is 9.84 Å². The summed E-state index contributed by atoms with van der Waals surface area (Å²) in [5, 5.41) is 6.03. The first-order chi connectivity index (χ1) is 17.8. The molecular formula is C28H29N5O3S. The largest absolute Gasteiger partial charge is 0.326 e. The van der Waals surface area contributed by atoms with Gasteiger partial charge in [-0.1, -0.05) is 42.5 Å². The molecule has 0 aliphatic rings. The van der Waals surface area contributed by atoms with E-state index in [1.165, 1.54) is 0 Å². The van der Waals surface area contributed by atoms with Crippen LogP contribution in [0, 0.1) is 0 Å². The van der Waals surface area contributed by atoms with Crippen LogP contribution in [-0.2, 0) is 21.1 Å². The Morgan fingerprint density at radius 3 is 2.22 bits per heavy atom. The third kappa shape index (κ3) is 7.45. The zero-order chi connectivity index (χ0) is 26.3. The van der Waals surface area contributed by atoms with Gasteiger partial charge < -0.3 is 15.5 Å². The van der Waals surface area contributed by atoms with Crippen LogP contribution in [0.3, 0.4) is 0 Å². The Labute approximate surface area is 217 Å². The Morgan fingerprint density at radius 2 is 1.54 bits per heavy atom. The van der Waals surface area contributed by atoms with Crippen molar-refractivity contribution in [2.45, 2.75) is 11.3 Å². The maximum atomic E-state index is 12.5. The van der Waals surface area contributed by atoms with Crippen molar-refractivity contribution in [3.8, 4) is 11.3 Å². The van der Waals surface area contributed by atoms with Crippen molar-refractivity contribution < 1.29 is 13.2 Å². The molecule has 0 spiro atoms. The van der Waals surface area contributed by atoms with E-state index in [9.17, 15) is 13.2 Å². The highest BCUT2D eigenvalue weighted by Gasteiger charge is 2.14. The molecule has 4 rings (SSSR count). The fourth-order valence-corrected chi connectivity index (χ4v) is 4.98. The molecular weight excluding hydrogens is 486 g/mol. The van der Waals surface area contributed by atoms with Crippen LogP contribution >= 0.6 is 0 Å².